The number of hydrogen-bond donors (Lipinski definition) is 2. The molecule has 1 aliphatic carbocycles. The second kappa shape index (κ2) is 9.25. The number of anilines is 1. The summed E-state index contributed by atoms with van der Waals surface area (Å²) in [5, 5.41) is 3.21. The molecule has 0 fully saturated rings. The number of nitrogens with one attached hydrogen (secondary N) is 1. The van der Waals surface area contributed by atoms with Gasteiger partial charge in [-0.25, -0.2) is 4.98 Å². The van der Waals surface area contributed by atoms with Gasteiger partial charge in [0, 0.05) is 28.2 Å². The molecule has 0 bridgehead atoms. The van der Waals surface area contributed by atoms with Crippen molar-refractivity contribution in [2.24, 2.45) is 5.73 Å². The van der Waals surface area contributed by atoms with Crippen molar-refractivity contribution >= 4 is 23.4 Å². The molecule has 0 radical (unpaired) electrons. The normalized spacial score (nSPS) is 14.7. The fraction of sp³-hybridized carbons (Fsp3) is 0.238. The van der Waals surface area contributed by atoms with Crippen molar-refractivity contribution in [3.8, 4) is 0 Å². The average Bonchev–Trinajstić information content (AvgIpc) is 2.80. The number of nitrogens with zero attached hydrogens (tertiary/aromatic N) is 1. The zero-order valence-electron chi connectivity index (χ0n) is 15.5. The largest absolute Gasteiger partial charge is 0.399 e. The smallest absolute Gasteiger partial charge is 0.163 e. The molecule has 0 aromatic carbocycles. The number of carbonyl (C=O) groups is 1. The number of Topliss-reactive ketones (excluding diaryl/α,β-unsaturated/α-hetero) is 1. The molecule has 5 heteroatoms. The molecular formula is C21H25N3OS. The zero-order chi connectivity index (χ0) is 19.1. The zero-order valence-corrected chi connectivity index (χ0v) is 16.3. The van der Waals surface area contributed by atoms with Crippen molar-refractivity contribution in [3.05, 3.63) is 81.4 Å². The number of hydrogen-bond acceptors (Lipinski definition) is 5. The monoisotopic (exact) mass is 367 g/mol. The van der Waals surface area contributed by atoms with Crippen LogP contribution < -0.4 is 11.1 Å². The van der Waals surface area contributed by atoms with Gasteiger partial charge >= 0.3 is 0 Å². The van der Waals surface area contributed by atoms with Crippen LogP contribution in [0.4, 0.5) is 5.82 Å². The Morgan fingerprint density at radius 2 is 2.23 bits per heavy atom. The molecule has 1 aliphatic rings. The Hall–Kier alpha value is -2.53. The Balaban J connectivity index is 2.02. The highest BCUT2D eigenvalue weighted by atomic mass is 32.2. The van der Waals surface area contributed by atoms with Crippen LogP contribution in [0.5, 0.6) is 0 Å². The van der Waals surface area contributed by atoms with E-state index in [2.05, 4.69) is 35.1 Å². The van der Waals surface area contributed by atoms with Gasteiger partial charge in [0.25, 0.3) is 0 Å². The summed E-state index contributed by atoms with van der Waals surface area (Å²) in [6, 6.07) is 3.53. The van der Waals surface area contributed by atoms with Crippen LogP contribution in [0.25, 0.3) is 0 Å². The maximum atomic E-state index is 11.7. The molecule has 0 unspecified atom stereocenters. The van der Waals surface area contributed by atoms with E-state index in [1.807, 2.05) is 19.9 Å². The van der Waals surface area contributed by atoms with Crippen molar-refractivity contribution in [3.63, 3.8) is 0 Å². The highest BCUT2D eigenvalue weighted by molar-refractivity contribution is 8.07. The lowest BCUT2D eigenvalue weighted by molar-refractivity contribution is 0.101. The molecule has 1 heterocycles. The second-order valence-electron chi connectivity index (χ2n) is 6.01. The third kappa shape index (κ3) is 5.23. The van der Waals surface area contributed by atoms with Gasteiger partial charge < -0.3 is 11.1 Å². The van der Waals surface area contributed by atoms with Gasteiger partial charge in [-0.2, -0.15) is 0 Å². The van der Waals surface area contributed by atoms with Gasteiger partial charge in [0.1, 0.15) is 5.82 Å². The van der Waals surface area contributed by atoms with E-state index in [1.165, 1.54) is 12.5 Å². The number of ketones is 1. The fourth-order valence-electron chi connectivity index (χ4n) is 2.47. The first-order valence-electron chi connectivity index (χ1n) is 8.48. The molecule has 2 rings (SSSR count). The van der Waals surface area contributed by atoms with Gasteiger partial charge in [-0.3, -0.25) is 4.79 Å². The van der Waals surface area contributed by atoms with Crippen LogP contribution in [-0.2, 0) is 0 Å². The van der Waals surface area contributed by atoms with E-state index < -0.39 is 0 Å². The third-order valence-electron chi connectivity index (χ3n) is 4.02. The van der Waals surface area contributed by atoms with Crippen molar-refractivity contribution < 1.29 is 4.79 Å². The predicted octanol–water partition coefficient (Wildman–Crippen LogP) is 4.97. The molecule has 3 N–H and O–H groups in total. The lowest BCUT2D eigenvalue weighted by Gasteiger charge is -2.13. The predicted molar refractivity (Wildman–Crippen MR) is 112 cm³/mol. The molecule has 1 aromatic rings. The Morgan fingerprint density at radius 3 is 2.92 bits per heavy atom. The molecule has 0 saturated heterocycles. The maximum Gasteiger partial charge on any atom is 0.163 e. The minimum absolute atomic E-state index is 0.0110. The summed E-state index contributed by atoms with van der Waals surface area (Å²) in [6.45, 7) is 10.3. The number of pyridine rings is 1. The summed E-state index contributed by atoms with van der Waals surface area (Å²) in [5.41, 5.74) is 9.69. The van der Waals surface area contributed by atoms with Crippen LogP contribution in [0.1, 0.15) is 37.6 Å². The molecule has 4 nitrogen and oxygen atoms in total. The van der Waals surface area contributed by atoms with Gasteiger partial charge in [0.15, 0.2) is 5.78 Å². The van der Waals surface area contributed by atoms with E-state index in [0.29, 0.717) is 17.9 Å². The Kier molecular flexibility index (Phi) is 7.04. The van der Waals surface area contributed by atoms with Crippen LogP contribution in [0, 0.1) is 0 Å². The van der Waals surface area contributed by atoms with Crippen LogP contribution in [0.2, 0.25) is 0 Å². The van der Waals surface area contributed by atoms with Crippen LogP contribution >= 0.6 is 11.8 Å². The molecule has 0 aliphatic heterocycles. The van der Waals surface area contributed by atoms with Crippen LogP contribution in [0.15, 0.2) is 75.9 Å². The number of rotatable bonds is 7. The Labute approximate surface area is 159 Å². The fourth-order valence-corrected chi connectivity index (χ4v) is 3.32. The quantitative estimate of drug-likeness (QED) is 0.666. The van der Waals surface area contributed by atoms with Gasteiger partial charge in [-0.1, -0.05) is 36.6 Å². The van der Waals surface area contributed by atoms with E-state index in [4.69, 9.17) is 5.73 Å². The summed E-state index contributed by atoms with van der Waals surface area (Å²) in [7, 11) is 0. The van der Waals surface area contributed by atoms with Crippen LogP contribution in [-0.4, -0.2) is 17.3 Å². The van der Waals surface area contributed by atoms with Gasteiger partial charge in [-0.15, -0.1) is 0 Å². The van der Waals surface area contributed by atoms with E-state index in [-0.39, 0.29) is 5.78 Å². The summed E-state index contributed by atoms with van der Waals surface area (Å²) in [6.07, 6.45) is 10.8. The molecule has 26 heavy (non-hydrogen) atoms. The molecule has 136 valence electrons. The Morgan fingerprint density at radius 1 is 1.46 bits per heavy atom. The average molecular weight is 368 g/mol. The number of nitrogens with two attached hydrogens (primary N) is 1. The van der Waals surface area contributed by atoms with Crippen molar-refractivity contribution in [1.82, 2.24) is 4.98 Å². The lowest BCUT2D eigenvalue weighted by atomic mass is 10.1. The highest BCUT2D eigenvalue weighted by Gasteiger charge is 2.11. The van der Waals surface area contributed by atoms with Gasteiger partial charge in [-0.05, 0) is 56.5 Å². The van der Waals surface area contributed by atoms with Crippen molar-refractivity contribution in [1.29, 1.82) is 0 Å². The summed E-state index contributed by atoms with van der Waals surface area (Å²) < 4.78 is 0. The first-order chi connectivity index (χ1) is 12.4. The topological polar surface area (TPSA) is 68.0 Å². The minimum Gasteiger partial charge on any atom is -0.399 e. The molecule has 0 atom stereocenters. The van der Waals surface area contributed by atoms with E-state index >= 15 is 0 Å². The molecule has 1 aromatic heterocycles. The highest BCUT2D eigenvalue weighted by Crippen LogP contribution is 2.33. The first-order valence-corrected chi connectivity index (χ1v) is 9.29. The Bertz CT molecular complexity index is 831. The standard InChI is InChI=1S/C21H25N3OS/c1-5-20(17-9-8-14(2)19(22)11-10-17)26-15(3)13-24-21-18(16(4)25)7-6-12-23-21/h5-8,10-12H,3,9,13,22H2,1-2,4H3,(H,23,24)/b20-5-. The second-order valence-corrected chi connectivity index (χ2v) is 7.23. The molecule has 0 saturated carbocycles. The van der Waals surface area contributed by atoms with E-state index in [9.17, 15) is 4.79 Å². The first kappa shape index (κ1) is 19.8. The van der Waals surface area contributed by atoms with Crippen molar-refractivity contribution in [2.75, 3.05) is 11.9 Å². The number of thioether (sulfide) groups is 1. The van der Waals surface area contributed by atoms with Crippen LogP contribution in [0.3, 0.4) is 0 Å². The maximum absolute atomic E-state index is 11.7. The molecular weight excluding hydrogens is 342 g/mol. The minimum atomic E-state index is -0.0110. The molecule has 0 spiro atoms. The van der Waals surface area contributed by atoms with Gasteiger partial charge in [0.05, 0.1) is 5.56 Å². The SMILES string of the molecule is C=C(CNc1ncccc1C(C)=O)S/C(=C\C)C1=CC=C(N)C(C)=CC1. The summed E-state index contributed by atoms with van der Waals surface area (Å²) in [4.78, 5) is 18.0. The third-order valence-corrected chi connectivity index (χ3v) is 5.17. The summed E-state index contributed by atoms with van der Waals surface area (Å²) in [5.74, 6) is 0.579. The molecule has 0 amide bonds. The van der Waals surface area contributed by atoms with E-state index in [1.54, 1.807) is 30.1 Å². The van der Waals surface area contributed by atoms with Gasteiger partial charge in [0.2, 0.25) is 0 Å². The number of carbonyl (C=O) groups excluding carboxylic acids is 1. The number of allylic oxidation sites excluding steroid dienone is 6. The van der Waals surface area contributed by atoms with E-state index in [0.717, 1.165) is 27.5 Å². The van der Waals surface area contributed by atoms with Crippen molar-refractivity contribution in [2.45, 2.75) is 27.2 Å². The summed E-state index contributed by atoms with van der Waals surface area (Å²) >= 11 is 1.62. The lowest BCUT2D eigenvalue weighted by Crippen LogP contribution is -2.08. The number of aromatic nitrogens is 1.